The molecule has 1 N–H and O–H groups in total. The number of hydrogen-bond acceptors (Lipinski definition) is 3. The van der Waals surface area contributed by atoms with Gasteiger partial charge in [-0.3, -0.25) is 9.36 Å². The van der Waals surface area contributed by atoms with Gasteiger partial charge in [-0.2, -0.15) is 0 Å². The van der Waals surface area contributed by atoms with Crippen LogP contribution < -0.4 is 10.2 Å². The quantitative estimate of drug-likeness (QED) is 0.674. The first-order valence-corrected chi connectivity index (χ1v) is 9.76. The molecule has 0 bridgehead atoms. The molecule has 4 nitrogen and oxygen atoms in total. The predicted octanol–water partition coefficient (Wildman–Crippen LogP) is 4.02. The molecule has 0 radical (unpaired) electrons. The van der Waals surface area contributed by atoms with Gasteiger partial charge in [-0.1, -0.05) is 30.3 Å². The lowest BCUT2D eigenvalue weighted by atomic mass is 10.0. The predicted molar refractivity (Wildman–Crippen MR) is 112 cm³/mol. The Morgan fingerprint density at radius 2 is 1.81 bits per heavy atom. The maximum atomic E-state index is 12.4. The molecule has 0 spiro atoms. The fourth-order valence-corrected chi connectivity index (χ4v) is 4.06. The van der Waals surface area contributed by atoms with Gasteiger partial charge < -0.3 is 10.2 Å². The second kappa shape index (κ2) is 7.57. The topological polar surface area (TPSA) is 37.3 Å². The average Bonchev–Trinajstić information content (AvgIpc) is 3.01. The highest BCUT2D eigenvalue weighted by Gasteiger charge is 2.23. The first-order chi connectivity index (χ1) is 13.1. The van der Waals surface area contributed by atoms with Crippen molar-refractivity contribution in [3.05, 3.63) is 65.4 Å². The second-order valence-corrected chi connectivity index (χ2v) is 7.51. The van der Waals surface area contributed by atoms with Crippen molar-refractivity contribution in [1.82, 2.24) is 9.88 Å². The molecule has 1 aliphatic rings. The molecule has 0 saturated carbocycles. The number of carbonyl (C=O) groups is 1. The standard InChI is InChI=1S/C23H27N3O/c1-25(2)18-12-10-17(11-13-18)16-24-15-14-20-19-6-3-4-7-21(19)26-22(20)8-5-9-23(26)27/h3-4,6-7,10-13,24H,5,8-9,14-16H2,1-2H3. The Bertz CT molecular complexity index is 954. The number of carbonyl (C=O) groups excluding carboxylic acids is 1. The van der Waals surface area contributed by atoms with E-state index in [1.54, 1.807) is 0 Å². The number of hydrogen-bond donors (Lipinski definition) is 1. The fourth-order valence-electron chi connectivity index (χ4n) is 4.06. The number of rotatable bonds is 6. The summed E-state index contributed by atoms with van der Waals surface area (Å²) in [5.41, 5.74) is 6.15. The highest BCUT2D eigenvalue weighted by molar-refractivity contribution is 5.96. The summed E-state index contributed by atoms with van der Waals surface area (Å²) in [6, 6.07) is 17.0. The number of aromatic nitrogens is 1. The van der Waals surface area contributed by atoms with Crippen molar-refractivity contribution in [2.45, 2.75) is 32.2 Å². The average molecular weight is 361 g/mol. The largest absolute Gasteiger partial charge is 0.378 e. The SMILES string of the molecule is CN(C)c1ccc(CNCCc2c3n(c4ccccc24)C(=O)CCC3)cc1. The third-order valence-electron chi connectivity index (χ3n) is 5.48. The summed E-state index contributed by atoms with van der Waals surface area (Å²) in [6.45, 7) is 1.77. The first-order valence-electron chi connectivity index (χ1n) is 9.76. The molecule has 140 valence electrons. The molecule has 2 aromatic carbocycles. The molecule has 0 unspecified atom stereocenters. The zero-order chi connectivity index (χ0) is 18.8. The number of anilines is 1. The zero-order valence-electron chi connectivity index (χ0n) is 16.2. The van der Waals surface area contributed by atoms with Crippen LogP contribution in [0, 0.1) is 0 Å². The Balaban J connectivity index is 1.46. The minimum absolute atomic E-state index is 0.243. The fraction of sp³-hybridized carbons (Fsp3) is 0.348. The van der Waals surface area contributed by atoms with E-state index in [1.165, 1.54) is 27.9 Å². The van der Waals surface area contributed by atoms with E-state index in [-0.39, 0.29) is 5.91 Å². The Morgan fingerprint density at radius 1 is 1.04 bits per heavy atom. The van der Waals surface area contributed by atoms with Crippen LogP contribution in [-0.4, -0.2) is 31.1 Å². The van der Waals surface area contributed by atoms with Gasteiger partial charge in [-0.05, 0) is 55.1 Å². The Kier molecular flexibility index (Phi) is 4.99. The molecule has 4 heteroatoms. The number of benzene rings is 2. The van der Waals surface area contributed by atoms with E-state index >= 15 is 0 Å². The van der Waals surface area contributed by atoms with Crippen molar-refractivity contribution < 1.29 is 4.79 Å². The summed E-state index contributed by atoms with van der Waals surface area (Å²) in [5, 5.41) is 4.80. The smallest absolute Gasteiger partial charge is 0.231 e. The van der Waals surface area contributed by atoms with Crippen LogP contribution in [0.3, 0.4) is 0 Å². The lowest BCUT2D eigenvalue weighted by Crippen LogP contribution is -2.21. The van der Waals surface area contributed by atoms with Crippen molar-refractivity contribution in [2.75, 3.05) is 25.5 Å². The minimum atomic E-state index is 0.243. The highest BCUT2D eigenvalue weighted by Crippen LogP contribution is 2.30. The maximum absolute atomic E-state index is 12.4. The summed E-state index contributed by atoms with van der Waals surface area (Å²) in [5.74, 6) is 0.243. The lowest BCUT2D eigenvalue weighted by Gasteiger charge is -2.16. The lowest BCUT2D eigenvalue weighted by molar-refractivity contribution is 0.0889. The minimum Gasteiger partial charge on any atom is -0.378 e. The van der Waals surface area contributed by atoms with Crippen LogP contribution in [0.2, 0.25) is 0 Å². The van der Waals surface area contributed by atoms with E-state index in [0.29, 0.717) is 6.42 Å². The van der Waals surface area contributed by atoms with E-state index in [4.69, 9.17) is 0 Å². The molecule has 2 heterocycles. The van der Waals surface area contributed by atoms with Crippen LogP contribution >= 0.6 is 0 Å². The van der Waals surface area contributed by atoms with Gasteiger partial charge >= 0.3 is 0 Å². The molecule has 27 heavy (non-hydrogen) atoms. The van der Waals surface area contributed by atoms with Gasteiger partial charge in [0.15, 0.2) is 0 Å². The Hall–Kier alpha value is -2.59. The van der Waals surface area contributed by atoms with E-state index in [0.717, 1.165) is 37.9 Å². The Morgan fingerprint density at radius 3 is 2.59 bits per heavy atom. The molecule has 4 rings (SSSR count). The van der Waals surface area contributed by atoms with Crippen LogP contribution in [0.15, 0.2) is 48.5 Å². The van der Waals surface area contributed by atoms with E-state index in [9.17, 15) is 4.79 Å². The molecule has 0 aliphatic carbocycles. The van der Waals surface area contributed by atoms with Gasteiger partial charge in [0, 0.05) is 43.8 Å². The highest BCUT2D eigenvalue weighted by atomic mass is 16.2. The van der Waals surface area contributed by atoms with Crippen LogP contribution in [0.25, 0.3) is 10.9 Å². The van der Waals surface area contributed by atoms with Crippen molar-refractivity contribution in [3.63, 3.8) is 0 Å². The molecule has 0 amide bonds. The summed E-state index contributed by atoms with van der Waals surface area (Å²) in [4.78, 5) is 14.6. The third kappa shape index (κ3) is 3.50. The number of para-hydroxylation sites is 1. The molecule has 0 atom stereocenters. The summed E-state index contributed by atoms with van der Waals surface area (Å²) in [6.07, 6.45) is 3.58. The summed E-state index contributed by atoms with van der Waals surface area (Å²) in [7, 11) is 4.11. The van der Waals surface area contributed by atoms with E-state index in [2.05, 4.69) is 66.8 Å². The second-order valence-electron chi connectivity index (χ2n) is 7.51. The first kappa shape index (κ1) is 17.8. The Labute approximate surface area is 160 Å². The van der Waals surface area contributed by atoms with Crippen molar-refractivity contribution in [1.29, 1.82) is 0 Å². The van der Waals surface area contributed by atoms with Gasteiger partial charge in [0.25, 0.3) is 0 Å². The van der Waals surface area contributed by atoms with Gasteiger partial charge in [-0.25, -0.2) is 0 Å². The normalized spacial score (nSPS) is 13.8. The number of nitrogens with zero attached hydrogens (tertiary/aromatic N) is 2. The summed E-state index contributed by atoms with van der Waals surface area (Å²) < 4.78 is 1.97. The molecule has 3 aromatic rings. The van der Waals surface area contributed by atoms with Crippen LogP contribution in [0.4, 0.5) is 5.69 Å². The van der Waals surface area contributed by atoms with Crippen molar-refractivity contribution >= 4 is 22.5 Å². The van der Waals surface area contributed by atoms with Gasteiger partial charge in [0.2, 0.25) is 5.91 Å². The van der Waals surface area contributed by atoms with E-state index in [1.807, 2.05) is 10.6 Å². The van der Waals surface area contributed by atoms with Crippen LogP contribution in [-0.2, 0) is 19.4 Å². The molecular formula is C23H27N3O. The molecule has 0 fully saturated rings. The van der Waals surface area contributed by atoms with Crippen molar-refractivity contribution in [2.24, 2.45) is 0 Å². The molecular weight excluding hydrogens is 334 g/mol. The van der Waals surface area contributed by atoms with E-state index < -0.39 is 0 Å². The number of fused-ring (bicyclic) bond motifs is 3. The van der Waals surface area contributed by atoms with Crippen LogP contribution in [0.1, 0.15) is 34.5 Å². The zero-order valence-corrected chi connectivity index (χ0v) is 16.2. The van der Waals surface area contributed by atoms with Crippen molar-refractivity contribution in [3.8, 4) is 0 Å². The van der Waals surface area contributed by atoms with Gasteiger partial charge in [-0.15, -0.1) is 0 Å². The summed E-state index contributed by atoms with van der Waals surface area (Å²) >= 11 is 0. The molecule has 1 aliphatic heterocycles. The monoisotopic (exact) mass is 361 g/mol. The van der Waals surface area contributed by atoms with Gasteiger partial charge in [0.05, 0.1) is 5.52 Å². The maximum Gasteiger partial charge on any atom is 0.231 e. The van der Waals surface area contributed by atoms with Crippen LogP contribution in [0.5, 0.6) is 0 Å². The number of nitrogens with one attached hydrogen (secondary N) is 1. The third-order valence-corrected chi connectivity index (χ3v) is 5.48. The van der Waals surface area contributed by atoms with Gasteiger partial charge in [0.1, 0.15) is 0 Å². The molecule has 1 aromatic heterocycles. The molecule has 0 saturated heterocycles.